The van der Waals surface area contributed by atoms with Crippen LogP contribution in [0.15, 0.2) is 74.0 Å². The van der Waals surface area contributed by atoms with E-state index in [-0.39, 0.29) is 41.0 Å². The summed E-state index contributed by atoms with van der Waals surface area (Å²) >= 11 is 0. The maximum absolute atomic E-state index is 15.1. The van der Waals surface area contributed by atoms with E-state index in [9.17, 15) is 9.90 Å². The average Bonchev–Trinajstić information content (AvgIpc) is 3.44. The van der Waals surface area contributed by atoms with E-state index in [1.807, 2.05) is 0 Å². The molecule has 0 radical (unpaired) electrons. The number of phenols is 1. The number of benzene rings is 2. The topological polar surface area (TPSA) is 152 Å². The molecule has 0 bridgehead atoms. The van der Waals surface area contributed by atoms with Gasteiger partial charge in [0.2, 0.25) is 11.8 Å². The summed E-state index contributed by atoms with van der Waals surface area (Å²) in [7, 11) is 1.48. The van der Waals surface area contributed by atoms with Crippen LogP contribution in [-0.4, -0.2) is 71.9 Å². The highest BCUT2D eigenvalue weighted by Gasteiger charge is 2.29. The zero-order valence-electron chi connectivity index (χ0n) is 22.2. The van der Waals surface area contributed by atoms with Gasteiger partial charge in [-0.3, -0.25) is 4.79 Å². The Hall–Kier alpha value is -5.79. The van der Waals surface area contributed by atoms with Gasteiger partial charge < -0.3 is 30.1 Å². The molecule has 1 fully saturated rings. The number of carbonyl (C=O) groups excluding carboxylic acids is 1. The van der Waals surface area contributed by atoms with E-state index < -0.39 is 5.82 Å². The number of phenolic OH excluding ortho intramolecular Hbond substituents is 1. The van der Waals surface area contributed by atoms with Gasteiger partial charge >= 0.3 is 6.01 Å². The van der Waals surface area contributed by atoms with Crippen LogP contribution in [0.2, 0.25) is 0 Å². The number of nitrogens with one attached hydrogen (secondary N) is 2. The minimum atomic E-state index is -0.583. The number of ether oxygens (including phenoxy) is 2. The van der Waals surface area contributed by atoms with Gasteiger partial charge in [-0.05, 0) is 24.3 Å². The monoisotopic (exact) mass is 569 g/mol. The lowest BCUT2D eigenvalue weighted by Crippen LogP contribution is -2.56. The summed E-state index contributed by atoms with van der Waals surface area (Å²) in [5, 5.41) is 21.6. The van der Waals surface area contributed by atoms with Crippen molar-refractivity contribution in [1.82, 2.24) is 34.6 Å². The molecule has 14 heteroatoms. The van der Waals surface area contributed by atoms with Crippen molar-refractivity contribution in [2.24, 2.45) is 0 Å². The molecule has 1 saturated heterocycles. The number of halogens is 1. The van der Waals surface area contributed by atoms with Gasteiger partial charge in [0.05, 0.1) is 42.4 Å². The van der Waals surface area contributed by atoms with E-state index >= 15 is 4.39 Å². The minimum absolute atomic E-state index is 0.00436. The number of fused-ring (bicyclic) bond motifs is 1. The minimum Gasteiger partial charge on any atom is -0.506 e. The Morgan fingerprint density at radius 2 is 1.93 bits per heavy atom. The van der Waals surface area contributed by atoms with Crippen molar-refractivity contribution in [2.45, 2.75) is 6.04 Å². The van der Waals surface area contributed by atoms with E-state index in [0.29, 0.717) is 41.2 Å². The number of amides is 1. The number of nitrogens with zero attached hydrogens (tertiary/aromatic N) is 7. The van der Waals surface area contributed by atoms with Gasteiger partial charge in [0, 0.05) is 42.9 Å². The van der Waals surface area contributed by atoms with Crippen LogP contribution in [0, 0.1) is 5.82 Å². The molecule has 3 aromatic heterocycles. The van der Waals surface area contributed by atoms with Crippen molar-refractivity contribution in [3.63, 3.8) is 0 Å². The number of rotatable bonds is 9. The molecule has 6 rings (SSSR count). The zero-order chi connectivity index (χ0) is 29.2. The molecule has 42 heavy (non-hydrogen) atoms. The maximum Gasteiger partial charge on any atom is 0.316 e. The molecule has 1 amide bonds. The highest BCUT2D eigenvalue weighted by atomic mass is 19.1. The van der Waals surface area contributed by atoms with Crippen LogP contribution >= 0.6 is 0 Å². The molecule has 13 nitrogen and oxygen atoms in total. The molecular weight excluding hydrogens is 545 g/mol. The number of aromatic hydroxyl groups is 1. The number of carbonyl (C=O) groups is 1. The molecule has 0 spiro atoms. The second-order valence-electron chi connectivity index (χ2n) is 9.29. The van der Waals surface area contributed by atoms with Crippen LogP contribution in [0.1, 0.15) is 0 Å². The SMILES string of the molecule is C=CC(=O)N1CC(Nc2cc3c(Nc4ccc(Oc5ccn(-c6cnc(OC)nc6)n5)cc4F)ncnc3cc2O)C1. The fraction of sp³-hybridized carbons (Fsp3) is 0.143. The Balaban J connectivity index is 1.17. The van der Waals surface area contributed by atoms with Crippen LogP contribution < -0.4 is 20.1 Å². The first-order valence-electron chi connectivity index (χ1n) is 12.7. The molecule has 5 aromatic rings. The standard InChI is InChI=1S/C28H24FN9O4/c1-3-26(40)37-13-16(14-37)34-23-9-19-22(10-24(23)39)32-15-33-27(19)35-21-5-4-18(8-20(21)29)42-25-6-7-38(36-25)17-11-30-28(41-2)31-12-17/h3-12,15-16,34,39H,1,13-14H2,2H3,(H,32,33,35). The number of methoxy groups -OCH3 is 1. The predicted octanol–water partition coefficient (Wildman–Crippen LogP) is 3.80. The molecule has 0 atom stereocenters. The van der Waals surface area contributed by atoms with Crippen molar-refractivity contribution in [3.05, 3.63) is 79.8 Å². The summed E-state index contributed by atoms with van der Waals surface area (Å²) < 4.78 is 27.4. The normalized spacial score (nSPS) is 13.0. The molecular formula is C28H24FN9O4. The van der Waals surface area contributed by atoms with Crippen LogP contribution in [0.4, 0.5) is 21.6 Å². The molecule has 4 heterocycles. The number of anilines is 3. The van der Waals surface area contributed by atoms with Crippen LogP contribution in [0.25, 0.3) is 16.6 Å². The second kappa shape index (κ2) is 11.0. The molecule has 0 unspecified atom stereocenters. The van der Waals surface area contributed by atoms with Gasteiger partial charge in [-0.2, -0.15) is 0 Å². The fourth-order valence-corrected chi connectivity index (χ4v) is 4.35. The number of aromatic nitrogens is 6. The number of hydrogen-bond donors (Lipinski definition) is 3. The van der Waals surface area contributed by atoms with Gasteiger partial charge in [-0.25, -0.2) is 29.0 Å². The quantitative estimate of drug-likeness (QED) is 0.175. The third-order valence-electron chi connectivity index (χ3n) is 6.52. The summed E-state index contributed by atoms with van der Waals surface area (Å²) in [5.41, 5.74) is 1.66. The summed E-state index contributed by atoms with van der Waals surface area (Å²) in [5.74, 6) is 0.0930. The first kappa shape index (κ1) is 26.4. The molecule has 1 aliphatic rings. The fourth-order valence-electron chi connectivity index (χ4n) is 4.35. The summed E-state index contributed by atoms with van der Waals surface area (Å²) in [6.07, 6.45) is 7.35. The lowest BCUT2D eigenvalue weighted by molar-refractivity contribution is -0.129. The summed E-state index contributed by atoms with van der Waals surface area (Å²) in [6.45, 7) is 4.45. The number of likely N-dealkylation sites (tertiary alicyclic amines) is 1. The van der Waals surface area contributed by atoms with E-state index in [0.717, 1.165) is 0 Å². The first-order chi connectivity index (χ1) is 20.4. The lowest BCUT2D eigenvalue weighted by Gasteiger charge is -2.39. The maximum atomic E-state index is 15.1. The highest BCUT2D eigenvalue weighted by Crippen LogP contribution is 2.34. The summed E-state index contributed by atoms with van der Waals surface area (Å²) in [6, 6.07) is 9.35. The third-order valence-corrected chi connectivity index (χ3v) is 6.52. The Kier molecular flexibility index (Phi) is 6.92. The lowest BCUT2D eigenvalue weighted by atomic mass is 10.1. The smallest absolute Gasteiger partial charge is 0.316 e. The van der Waals surface area contributed by atoms with E-state index in [1.54, 1.807) is 41.7 Å². The van der Waals surface area contributed by atoms with Gasteiger partial charge in [0.25, 0.3) is 0 Å². The van der Waals surface area contributed by atoms with Gasteiger partial charge in [0.1, 0.15) is 35.1 Å². The van der Waals surface area contributed by atoms with E-state index in [2.05, 4.69) is 42.2 Å². The Bertz CT molecular complexity index is 1790. The van der Waals surface area contributed by atoms with Crippen molar-refractivity contribution >= 4 is 34.0 Å². The van der Waals surface area contributed by atoms with E-state index in [1.165, 1.54) is 42.4 Å². The van der Waals surface area contributed by atoms with Crippen LogP contribution in [0.3, 0.4) is 0 Å². The molecule has 0 saturated carbocycles. The van der Waals surface area contributed by atoms with Gasteiger partial charge in [-0.15, -0.1) is 5.10 Å². The zero-order valence-corrected chi connectivity index (χ0v) is 22.2. The number of hydrogen-bond acceptors (Lipinski definition) is 11. The third kappa shape index (κ3) is 5.32. The van der Waals surface area contributed by atoms with Crippen molar-refractivity contribution in [2.75, 3.05) is 30.8 Å². The van der Waals surface area contributed by atoms with E-state index in [4.69, 9.17) is 9.47 Å². The van der Waals surface area contributed by atoms with Gasteiger partial charge in [0.15, 0.2) is 0 Å². The van der Waals surface area contributed by atoms with Crippen molar-refractivity contribution < 1.29 is 23.8 Å². The Morgan fingerprint density at radius 1 is 1.12 bits per heavy atom. The molecule has 212 valence electrons. The Labute approximate surface area is 238 Å². The molecule has 0 aliphatic carbocycles. The Morgan fingerprint density at radius 3 is 2.67 bits per heavy atom. The van der Waals surface area contributed by atoms with Crippen LogP contribution in [0.5, 0.6) is 23.4 Å². The molecule has 1 aliphatic heterocycles. The average molecular weight is 570 g/mol. The first-order valence-corrected chi connectivity index (χ1v) is 12.7. The molecule has 2 aromatic carbocycles. The second-order valence-corrected chi connectivity index (χ2v) is 9.29. The summed E-state index contributed by atoms with van der Waals surface area (Å²) in [4.78, 5) is 30.0. The van der Waals surface area contributed by atoms with Gasteiger partial charge in [-0.1, -0.05) is 6.58 Å². The highest BCUT2D eigenvalue weighted by molar-refractivity contribution is 5.95. The molecule has 3 N–H and O–H groups in total. The predicted molar refractivity (Wildman–Crippen MR) is 151 cm³/mol. The largest absolute Gasteiger partial charge is 0.506 e. The van der Waals surface area contributed by atoms with Crippen molar-refractivity contribution in [3.8, 4) is 29.1 Å². The van der Waals surface area contributed by atoms with Crippen molar-refractivity contribution in [1.29, 1.82) is 0 Å². The van der Waals surface area contributed by atoms with Crippen LogP contribution in [-0.2, 0) is 4.79 Å².